The van der Waals surface area contributed by atoms with Gasteiger partial charge < -0.3 is 19.8 Å². The summed E-state index contributed by atoms with van der Waals surface area (Å²) in [7, 11) is 0. The van der Waals surface area contributed by atoms with Gasteiger partial charge in [0, 0.05) is 24.7 Å². The Morgan fingerprint density at radius 1 is 1.47 bits per heavy atom. The van der Waals surface area contributed by atoms with Crippen LogP contribution in [0.3, 0.4) is 0 Å². The van der Waals surface area contributed by atoms with Gasteiger partial charge in [-0.05, 0) is 6.92 Å². The molecule has 19 heavy (non-hydrogen) atoms. The largest absolute Gasteiger partial charge is 0.394 e. The first-order valence-corrected chi connectivity index (χ1v) is 7.17. The van der Waals surface area contributed by atoms with E-state index in [9.17, 15) is 10.2 Å². The molecule has 2 N–H and O–H groups in total. The molecule has 0 bridgehead atoms. The summed E-state index contributed by atoms with van der Waals surface area (Å²) in [5, 5.41) is 20.8. The number of nitrogens with zero attached hydrogens (tertiary/aromatic N) is 3. The lowest BCUT2D eigenvalue weighted by atomic mass is 10.2. The zero-order valence-electron chi connectivity index (χ0n) is 10.7. The number of aromatic nitrogens is 2. The number of hydrogen-bond donors (Lipinski definition) is 2. The summed E-state index contributed by atoms with van der Waals surface area (Å²) < 4.78 is 7.54. The molecule has 3 heterocycles. The smallest absolute Gasteiger partial charge is 0.195 e. The Hall–Kier alpha value is -1.15. The predicted octanol–water partition coefficient (Wildman–Crippen LogP) is 0.474. The molecule has 0 amide bonds. The van der Waals surface area contributed by atoms with Crippen LogP contribution in [-0.2, 0) is 11.3 Å². The fourth-order valence-electron chi connectivity index (χ4n) is 2.54. The molecule has 0 saturated carbocycles. The zero-order valence-corrected chi connectivity index (χ0v) is 11.5. The molecule has 2 aromatic heterocycles. The van der Waals surface area contributed by atoms with Gasteiger partial charge in [-0.2, -0.15) is 0 Å². The number of imidazole rings is 1. The van der Waals surface area contributed by atoms with E-state index in [4.69, 9.17) is 4.74 Å². The number of morpholine rings is 1. The summed E-state index contributed by atoms with van der Waals surface area (Å²) in [5.41, 5.74) is 0.794. The predicted molar refractivity (Wildman–Crippen MR) is 72.6 cm³/mol. The maximum atomic E-state index is 9.58. The molecule has 3 rings (SSSR count). The fraction of sp³-hybridized carbons (Fsp3) is 0.583. The van der Waals surface area contributed by atoms with Gasteiger partial charge in [0.15, 0.2) is 10.8 Å². The van der Waals surface area contributed by atoms with Crippen LogP contribution in [0.1, 0.15) is 12.6 Å². The Bertz CT molecular complexity index is 568. The first-order chi connectivity index (χ1) is 9.22. The lowest BCUT2D eigenvalue weighted by molar-refractivity contribution is -0.0423. The molecule has 0 aromatic carbocycles. The van der Waals surface area contributed by atoms with Gasteiger partial charge in [0.25, 0.3) is 0 Å². The van der Waals surface area contributed by atoms with E-state index in [1.807, 2.05) is 22.9 Å². The molecule has 7 heteroatoms. The van der Waals surface area contributed by atoms with E-state index >= 15 is 0 Å². The Balaban J connectivity index is 1.96. The number of aliphatic hydroxyl groups excluding tert-OH is 2. The third kappa shape index (κ3) is 2.23. The van der Waals surface area contributed by atoms with Crippen LogP contribution < -0.4 is 4.90 Å². The summed E-state index contributed by atoms with van der Waals surface area (Å²) >= 11 is 1.54. The molecule has 0 radical (unpaired) electrons. The molecule has 1 aliphatic rings. The van der Waals surface area contributed by atoms with E-state index in [-0.39, 0.29) is 25.4 Å². The number of ether oxygens (including phenoxy) is 1. The SMILES string of the molecule is CC1CN(c2nc3sccn3c2CO)CC(CO)O1. The van der Waals surface area contributed by atoms with Crippen molar-refractivity contribution in [1.82, 2.24) is 9.38 Å². The maximum Gasteiger partial charge on any atom is 0.195 e. The Kier molecular flexibility index (Phi) is 3.44. The summed E-state index contributed by atoms with van der Waals surface area (Å²) in [6.45, 7) is 3.24. The van der Waals surface area contributed by atoms with Gasteiger partial charge in [-0.3, -0.25) is 4.40 Å². The van der Waals surface area contributed by atoms with Gasteiger partial charge in [-0.25, -0.2) is 4.98 Å². The number of rotatable bonds is 3. The minimum absolute atomic E-state index is 0.00246. The van der Waals surface area contributed by atoms with E-state index in [1.165, 1.54) is 0 Å². The lowest BCUT2D eigenvalue weighted by Crippen LogP contribution is -2.48. The van der Waals surface area contributed by atoms with Crippen LogP contribution in [0.4, 0.5) is 5.82 Å². The molecule has 1 saturated heterocycles. The van der Waals surface area contributed by atoms with Crippen LogP contribution in [0, 0.1) is 0 Å². The molecular formula is C12H17N3O3S. The average molecular weight is 283 g/mol. The van der Waals surface area contributed by atoms with Gasteiger partial charge in [0.1, 0.15) is 0 Å². The van der Waals surface area contributed by atoms with Crippen LogP contribution >= 0.6 is 11.3 Å². The van der Waals surface area contributed by atoms with Crippen LogP contribution in [0.5, 0.6) is 0 Å². The van der Waals surface area contributed by atoms with Crippen molar-refractivity contribution >= 4 is 22.1 Å². The summed E-state index contributed by atoms with van der Waals surface area (Å²) in [6.07, 6.45) is 1.75. The fourth-order valence-corrected chi connectivity index (χ4v) is 3.27. The molecule has 1 aliphatic heterocycles. The van der Waals surface area contributed by atoms with Crippen molar-refractivity contribution < 1.29 is 14.9 Å². The number of anilines is 1. The molecule has 2 atom stereocenters. The van der Waals surface area contributed by atoms with E-state index in [1.54, 1.807) is 11.3 Å². The van der Waals surface area contributed by atoms with Crippen molar-refractivity contribution in [3.63, 3.8) is 0 Å². The summed E-state index contributed by atoms with van der Waals surface area (Å²) in [6, 6.07) is 0. The second-order valence-electron chi connectivity index (χ2n) is 4.75. The van der Waals surface area contributed by atoms with Crippen LogP contribution in [0.25, 0.3) is 4.96 Å². The van der Waals surface area contributed by atoms with Crippen molar-refractivity contribution in [2.24, 2.45) is 0 Å². The molecule has 0 spiro atoms. The second-order valence-corrected chi connectivity index (χ2v) is 5.63. The van der Waals surface area contributed by atoms with Crippen LogP contribution in [0.2, 0.25) is 0 Å². The molecule has 2 unspecified atom stereocenters. The standard InChI is InChI=1S/C12H17N3O3S/c1-8-4-14(5-9(6-16)18-8)11-10(7-17)15-2-3-19-12(15)13-11/h2-3,8-9,16-17H,4-7H2,1H3. The topological polar surface area (TPSA) is 70.2 Å². The van der Waals surface area contributed by atoms with Gasteiger partial charge in [-0.15, -0.1) is 11.3 Å². The maximum absolute atomic E-state index is 9.58. The van der Waals surface area contributed by atoms with Crippen molar-refractivity contribution in [1.29, 1.82) is 0 Å². The summed E-state index contributed by atoms with van der Waals surface area (Å²) in [5.74, 6) is 0.794. The highest BCUT2D eigenvalue weighted by molar-refractivity contribution is 7.15. The van der Waals surface area contributed by atoms with Gasteiger partial charge in [0.05, 0.1) is 31.1 Å². The molecule has 6 nitrogen and oxygen atoms in total. The number of aliphatic hydroxyl groups is 2. The highest BCUT2D eigenvalue weighted by Gasteiger charge is 2.28. The molecule has 2 aromatic rings. The third-order valence-electron chi connectivity index (χ3n) is 3.32. The number of fused-ring (bicyclic) bond motifs is 1. The highest BCUT2D eigenvalue weighted by Crippen LogP contribution is 2.27. The quantitative estimate of drug-likeness (QED) is 0.857. The van der Waals surface area contributed by atoms with Gasteiger partial charge in [-0.1, -0.05) is 0 Å². The van der Waals surface area contributed by atoms with E-state index in [2.05, 4.69) is 9.88 Å². The summed E-state index contributed by atoms with van der Waals surface area (Å²) in [4.78, 5) is 7.54. The van der Waals surface area contributed by atoms with Crippen LogP contribution in [0.15, 0.2) is 11.6 Å². The monoisotopic (exact) mass is 283 g/mol. The Labute approximate surface area is 114 Å². The molecule has 104 valence electrons. The van der Waals surface area contributed by atoms with Crippen LogP contribution in [-0.4, -0.2) is 51.5 Å². The number of thiazole rings is 1. The number of hydrogen-bond acceptors (Lipinski definition) is 6. The van der Waals surface area contributed by atoms with Crippen molar-refractivity contribution in [3.05, 3.63) is 17.3 Å². The van der Waals surface area contributed by atoms with E-state index < -0.39 is 0 Å². The first-order valence-electron chi connectivity index (χ1n) is 6.29. The van der Waals surface area contributed by atoms with Gasteiger partial charge >= 0.3 is 0 Å². The third-order valence-corrected chi connectivity index (χ3v) is 4.08. The minimum Gasteiger partial charge on any atom is -0.394 e. The van der Waals surface area contributed by atoms with Crippen molar-refractivity contribution in [3.8, 4) is 0 Å². The second kappa shape index (κ2) is 5.09. The Morgan fingerprint density at radius 3 is 3.05 bits per heavy atom. The first kappa shape index (κ1) is 12.9. The van der Waals surface area contributed by atoms with Gasteiger partial charge in [0.2, 0.25) is 0 Å². The van der Waals surface area contributed by atoms with E-state index in [0.717, 1.165) is 16.5 Å². The molecule has 0 aliphatic carbocycles. The van der Waals surface area contributed by atoms with Crippen molar-refractivity contribution in [2.45, 2.75) is 25.7 Å². The highest BCUT2D eigenvalue weighted by atomic mass is 32.1. The van der Waals surface area contributed by atoms with Crippen molar-refractivity contribution in [2.75, 3.05) is 24.6 Å². The Morgan fingerprint density at radius 2 is 2.32 bits per heavy atom. The molecular weight excluding hydrogens is 266 g/mol. The zero-order chi connectivity index (χ0) is 13.4. The lowest BCUT2D eigenvalue weighted by Gasteiger charge is -2.36. The van der Waals surface area contributed by atoms with E-state index in [0.29, 0.717) is 13.1 Å². The average Bonchev–Trinajstić information content (AvgIpc) is 2.97. The normalized spacial score (nSPS) is 24.3. The molecule has 1 fully saturated rings. The minimum atomic E-state index is -0.199.